The minimum atomic E-state index is -3.11. The Labute approximate surface area is 171 Å². The molecule has 1 fully saturated rings. The van der Waals surface area contributed by atoms with Crippen LogP contribution in [0.25, 0.3) is 0 Å². The highest BCUT2D eigenvalue weighted by Gasteiger charge is 2.25. The first-order valence-corrected chi connectivity index (χ1v) is 12.3. The van der Waals surface area contributed by atoms with E-state index in [0.717, 1.165) is 23.5 Å². The summed E-state index contributed by atoms with van der Waals surface area (Å²) in [6, 6.07) is 18.0. The molecular formula is C21H26N2O3S2. The third-order valence-corrected chi connectivity index (χ3v) is 7.34. The zero-order valence-corrected chi connectivity index (χ0v) is 17.6. The maximum absolute atomic E-state index is 12.4. The average Bonchev–Trinajstić information content (AvgIpc) is 2.71. The summed E-state index contributed by atoms with van der Waals surface area (Å²) in [5, 5.41) is 2.99. The minimum Gasteiger partial charge on any atom is -0.352 e. The van der Waals surface area contributed by atoms with Gasteiger partial charge in [-0.1, -0.05) is 30.3 Å². The number of benzene rings is 2. The van der Waals surface area contributed by atoms with E-state index in [4.69, 9.17) is 0 Å². The highest BCUT2D eigenvalue weighted by atomic mass is 32.2. The smallest absolute Gasteiger partial charge is 0.251 e. The van der Waals surface area contributed by atoms with E-state index in [9.17, 15) is 13.2 Å². The predicted molar refractivity (Wildman–Crippen MR) is 114 cm³/mol. The first-order chi connectivity index (χ1) is 13.4. The number of thioether (sulfide) groups is 1. The summed E-state index contributed by atoms with van der Waals surface area (Å²) in [6.07, 6.45) is 2.81. The van der Waals surface area contributed by atoms with Gasteiger partial charge in [-0.3, -0.25) is 4.79 Å². The van der Waals surface area contributed by atoms with Gasteiger partial charge in [-0.15, -0.1) is 11.8 Å². The number of piperidine rings is 1. The number of rotatable bonds is 7. The van der Waals surface area contributed by atoms with Crippen LogP contribution in [0.3, 0.4) is 0 Å². The Balaban J connectivity index is 1.43. The molecule has 3 rings (SSSR count). The summed E-state index contributed by atoms with van der Waals surface area (Å²) < 4.78 is 24.6. The number of hydrogen-bond acceptors (Lipinski definition) is 4. The largest absolute Gasteiger partial charge is 0.352 e. The summed E-state index contributed by atoms with van der Waals surface area (Å²) >= 11 is 1.75. The van der Waals surface area contributed by atoms with E-state index < -0.39 is 10.0 Å². The van der Waals surface area contributed by atoms with Gasteiger partial charge in [0, 0.05) is 35.8 Å². The Hall–Kier alpha value is -1.83. The maximum Gasteiger partial charge on any atom is 0.251 e. The van der Waals surface area contributed by atoms with Crippen LogP contribution >= 0.6 is 11.8 Å². The Morgan fingerprint density at radius 1 is 1.07 bits per heavy atom. The van der Waals surface area contributed by atoms with Crippen molar-refractivity contribution < 1.29 is 13.2 Å². The van der Waals surface area contributed by atoms with E-state index in [1.54, 1.807) is 11.8 Å². The Bertz CT molecular complexity index is 876. The van der Waals surface area contributed by atoms with Crippen molar-refractivity contribution in [2.75, 3.05) is 25.9 Å². The molecule has 1 N–H and O–H groups in total. The van der Waals surface area contributed by atoms with Crippen LogP contribution < -0.4 is 5.32 Å². The normalized spacial score (nSPS) is 16.0. The predicted octanol–water partition coefficient (Wildman–Crippen LogP) is 3.38. The number of nitrogens with one attached hydrogen (secondary N) is 1. The molecule has 1 amide bonds. The lowest BCUT2D eigenvalue weighted by Gasteiger charge is -2.30. The molecule has 0 spiro atoms. The Morgan fingerprint density at radius 3 is 2.32 bits per heavy atom. The van der Waals surface area contributed by atoms with E-state index in [1.807, 2.05) is 42.5 Å². The van der Waals surface area contributed by atoms with Gasteiger partial charge in [-0.25, -0.2) is 12.7 Å². The van der Waals surface area contributed by atoms with E-state index >= 15 is 0 Å². The molecule has 1 heterocycles. The molecule has 0 aliphatic carbocycles. The van der Waals surface area contributed by atoms with Crippen molar-refractivity contribution in [3.8, 4) is 0 Å². The highest BCUT2D eigenvalue weighted by Crippen LogP contribution is 2.23. The molecular weight excluding hydrogens is 392 g/mol. The lowest BCUT2D eigenvalue weighted by molar-refractivity contribution is 0.0941. The van der Waals surface area contributed by atoms with Crippen LogP contribution in [-0.4, -0.2) is 44.5 Å². The zero-order chi connectivity index (χ0) is 20.0. The van der Waals surface area contributed by atoms with Gasteiger partial charge in [0.25, 0.3) is 5.91 Å². The molecule has 150 valence electrons. The van der Waals surface area contributed by atoms with Gasteiger partial charge in [0.15, 0.2) is 0 Å². The van der Waals surface area contributed by atoms with Crippen LogP contribution in [0.5, 0.6) is 0 Å². The third kappa shape index (κ3) is 6.09. The number of sulfonamides is 1. The van der Waals surface area contributed by atoms with Gasteiger partial charge in [0.2, 0.25) is 10.0 Å². The van der Waals surface area contributed by atoms with Gasteiger partial charge in [0.1, 0.15) is 0 Å². The van der Waals surface area contributed by atoms with E-state index in [-0.39, 0.29) is 5.91 Å². The molecule has 7 heteroatoms. The molecule has 0 unspecified atom stereocenters. The molecule has 1 saturated heterocycles. The quantitative estimate of drug-likeness (QED) is 0.700. The summed E-state index contributed by atoms with van der Waals surface area (Å²) in [6.45, 7) is 1.65. The van der Waals surface area contributed by atoms with Gasteiger partial charge in [-0.05, 0) is 48.6 Å². The summed E-state index contributed by atoms with van der Waals surface area (Å²) in [4.78, 5) is 13.5. The van der Waals surface area contributed by atoms with Crippen LogP contribution in [-0.2, 0) is 15.8 Å². The average molecular weight is 419 g/mol. The third-order valence-electron chi connectivity index (χ3n) is 4.96. The van der Waals surface area contributed by atoms with Crippen molar-refractivity contribution >= 4 is 27.7 Å². The monoisotopic (exact) mass is 418 g/mol. The number of amides is 1. The second-order valence-electron chi connectivity index (χ2n) is 7.11. The second kappa shape index (κ2) is 9.58. The second-order valence-corrected chi connectivity index (χ2v) is 10.1. The van der Waals surface area contributed by atoms with E-state index in [1.165, 1.54) is 16.1 Å². The van der Waals surface area contributed by atoms with Crippen molar-refractivity contribution in [3.05, 3.63) is 65.7 Å². The lowest BCUT2D eigenvalue weighted by Crippen LogP contribution is -2.41. The van der Waals surface area contributed by atoms with Crippen molar-refractivity contribution in [2.45, 2.75) is 23.5 Å². The molecule has 28 heavy (non-hydrogen) atoms. The molecule has 0 saturated carbocycles. The number of nitrogens with zero attached hydrogens (tertiary/aromatic N) is 1. The molecule has 0 aromatic heterocycles. The molecule has 0 bridgehead atoms. The van der Waals surface area contributed by atoms with Crippen LogP contribution in [0.4, 0.5) is 0 Å². The maximum atomic E-state index is 12.4. The van der Waals surface area contributed by atoms with Gasteiger partial charge < -0.3 is 5.32 Å². The molecule has 0 atom stereocenters. The molecule has 1 aliphatic heterocycles. The van der Waals surface area contributed by atoms with Gasteiger partial charge in [-0.2, -0.15) is 0 Å². The number of carbonyl (C=O) groups excluding carboxylic acids is 1. The standard InChI is InChI=1S/C21H26N2O3S2/c1-28(25,26)23-13-11-17(12-14-23)15-22-21(24)19-7-9-20(10-8-19)27-16-18-5-3-2-4-6-18/h2-10,17H,11-16H2,1H3,(H,22,24). The number of carbonyl (C=O) groups is 1. The fourth-order valence-electron chi connectivity index (χ4n) is 3.23. The lowest BCUT2D eigenvalue weighted by atomic mass is 9.98. The summed E-state index contributed by atoms with van der Waals surface area (Å²) in [5.41, 5.74) is 1.92. The molecule has 2 aromatic carbocycles. The van der Waals surface area contributed by atoms with Crippen molar-refractivity contribution in [1.82, 2.24) is 9.62 Å². The molecule has 0 radical (unpaired) electrons. The van der Waals surface area contributed by atoms with Gasteiger partial charge in [0.05, 0.1) is 6.26 Å². The topological polar surface area (TPSA) is 66.5 Å². The van der Waals surface area contributed by atoms with Crippen LogP contribution in [0.15, 0.2) is 59.5 Å². The first kappa shape index (κ1) is 20.9. The van der Waals surface area contributed by atoms with Crippen molar-refractivity contribution in [3.63, 3.8) is 0 Å². The summed E-state index contributed by atoms with van der Waals surface area (Å²) in [5.74, 6) is 1.14. The molecule has 5 nitrogen and oxygen atoms in total. The fraction of sp³-hybridized carbons (Fsp3) is 0.381. The molecule has 2 aromatic rings. The van der Waals surface area contributed by atoms with E-state index in [0.29, 0.717) is 31.1 Å². The van der Waals surface area contributed by atoms with Gasteiger partial charge >= 0.3 is 0 Å². The number of hydrogen-bond donors (Lipinski definition) is 1. The highest BCUT2D eigenvalue weighted by molar-refractivity contribution is 7.98. The minimum absolute atomic E-state index is 0.0786. The first-order valence-electron chi connectivity index (χ1n) is 9.42. The fourth-order valence-corrected chi connectivity index (χ4v) is 4.96. The zero-order valence-electron chi connectivity index (χ0n) is 16.0. The van der Waals surface area contributed by atoms with Crippen molar-refractivity contribution in [1.29, 1.82) is 0 Å². The summed E-state index contributed by atoms with van der Waals surface area (Å²) in [7, 11) is -3.11. The van der Waals surface area contributed by atoms with Crippen molar-refractivity contribution in [2.24, 2.45) is 5.92 Å². The Kier molecular flexibility index (Phi) is 7.15. The Morgan fingerprint density at radius 2 is 1.71 bits per heavy atom. The SMILES string of the molecule is CS(=O)(=O)N1CCC(CNC(=O)c2ccc(SCc3ccccc3)cc2)CC1. The van der Waals surface area contributed by atoms with Crippen LogP contribution in [0, 0.1) is 5.92 Å². The van der Waals surface area contributed by atoms with Crippen LogP contribution in [0.1, 0.15) is 28.8 Å². The van der Waals surface area contributed by atoms with E-state index in [2.05, 4.69) is 17.4 Å². The molecule has 1 aliphatic rings. The van der Waals surface area contributed by atoms with Crippen LogP contribution in [0.2, 0.25) is 0 Å².